The molecule has 4 nitrogen and oxygen atoms in total. The van der Waals surface area contributed by atoms with Gasteiger partial charge in [0.1, 0.15) is 6.04 Å². The summed E-state index contributed by atoms with van der Waals surface area (Å²) in [7, 11) is 0. The van der Waals surface area contributed by atoms with Crippen LogP contribution in [0.4, 0.5) is 0 Å². The third-order valence-corrected chi connectivity index (χ3v) is 4.49. The summed E-state index contributed by atoms with van der Waals surface area (Å²) in [5, 5.41) is 6.32. The van der Waals surface area contributed by atoms with Gasteiger partial charge < -0.3 is 15.4 Å². The van der Waals surface area contributed by atoms with Crippen LogP contribution in [0.25, 0.3) is 0 Å². The molecular weight excluding hydrogens is 264 g/mol. The second kappa shape index (κ2) is 8.77. The van der Waals surface area contributed by atoms with E-state index in [1.807, 2.05) is 6.92 Å². The normalized spacial score (nSPS) is 23.6. The van der Waals surface area contributed by atoms with E-state index in [0.29, 0.717) is 6.61 Å². The molecule has 1 rings (SSSR count). The summed E-state index contributed by atoms with van der Waals surface area (Å²) in [4.78, 5) is 12.1. The number of ether oxygens (including phenoxy) is 1. The van der Waals surface area contributed by atoms with Gasteiger partial charge in [-0.1, -0.05) is 20.8 Å². The van der Waals surface area contributed by atoms with Gasteiger partial charge in [0, 0.05) is 13.1 Å². The largest absolute Gasteiger partial charge is 0.375 e. The molecule has 2 N–H and O–H groups in total. The average Bonchev–Trinajstić information content (AvgIpc) is 2.41. The van der Waals surface area contributed by atoms with E-state index in [1.165, 1.54) is 0 Å². The molecule has 1 aliphatic heterocycles. The second-order valence-electron chi connectivity index (χ2n) is 5.29. The predicted molar refractivity (Wildman–Crippen MR) is 80.8 cm³/mol. The Hall–Kier alpha value is -0.320. The van der Waals surface area contributed by atoms with Gasteiger partial charge in [-0.2, -0.15) is 0 Å². The van der Waals surface area contributed by atoms with Crippen LogP contribution >= 0.6 is 12.4 Å². The van der Waals surface area contributed by atoms with Crippen LogP contribution < -0.4 is 10.6 Å². The lowest BCUT2D eigenvalue weighted by molar-refractivity contribution is -0.129. The lowest BCUT2D eigenvalue weighted by Crippen LogP contribution is -2.56. The fraction of sp³-hybridized carbons (Fsp3) is 0.929. The van der Waals surface area contributed by atoms with Crippen LogP contribution in [0.3, 0.4) is 0 Å². The Balaban J connectivity index is 0.00000324. The van der Waals surface area contributed by atoms with Gasteiger partial charge in [0.25, 0.3) is 0 Å². The van der Waals surface area contributed by atoms with Gasteiger partial charge in [-0.25, -0.2) is 0 Å². The minimum absolute atomic E-state index is 0. The highest BCUT2D eigenvalue weighted by Crippen LogP contribution is 2.29. The van der Waals surface area contributed by atoms with E-state index in [1.54, 1.807) is 0 Å². The first-order valence-corrected chi connectivity index (χ1v) is 7.21. The van der Waals surface area contributed by atoms with Crippen LogP contribution in [0.2, 0.25) is 0 Å². The van der Waals surface area contributed by atoms with Crippen LogP contribution in [0, 0.1) is 5.41 Å². The molecule has 0 aromatic heterocycles. The minimum Gasteiger partial charge on any atom is -0.375 e. The zero-order valence-corrected chi connectivity index (χ0v) is 13.4. The zero-order chi connectivity index (χ0) is 13.6. The molecule has 0 spiro atoms. The van der Waals surface area contributed by atoms with Crippen molar-refractivity contribution in [2.75, 3.05) is 19.7 Å². The Morgan fingerprint density at radius 2 is 1.89 bits per heavy atom. The van der Waals surface area contributed by atoms with E-state index in [4.69, 9.17) is 4.74 Å². The third kappa shape index (κ3) is 4.93. The molecule has 5 heteroatoms. The third-order valence-electron chi connectivity index (χ3n) is 4.49. The Kier molecular flexibility index (Phi) is 8.62. The van der Waals surface area contributed by atoms with Crippen molar-refractivity contribution >= 4 is 18.3 Å². The molecule has 1 saturated heterocycles. The lowest BCUT2D eigenvalue weighted by Gasteiger charge is -2.33. The van der Waals surface area contributed by atoms with E-state index in [9.17, 15) is 4.79 Å². The fourth-order valence-electron chi connectivity index (χ4n) is 2.54. The summed E-state index contributed by atoms with van der Waals surface area (Å²) in [6.45, 7) is 10.7. The van der Waals surface area contributed by atoms with E-state index in [0.717, 1.165) is 32.4 Å². The summed E-state index contributed by atoms with van der Waals surface area (Å²) in [6, 6.07) is -0.206. The molecule has 0 saturated carbocycles. The zero-order valence-electron chi connectivity index (χ0n) is 12.6. The highest BCUT2D eigenvalue weighted by Gasteiger charge is 2.30. The highest BCUT2D eigenvalue weighted by molar-refractivity contribution is 5.85. The number of hydrogen-bond donors (Lipinski definition) is 2. The summed E-state index contributed by atoms with van der Waals surface area (Å²) >= 11 is 0. The van der Waals surface area contributed by atoms with Crippen LogP contribution in [-0.4, -0.2) is 37.7 Å². The first-order valence-electron chi connectivity index (χ1n) is 7.21. The molecule has 0 aromatic rings. The van der Waals surface area contributed by atoms with Crippen molar-refractivity contribution in [1.29, 1.82) is 0 Å². The summed E-state index contributed by atoms with van der Waals surface area (Å²) in [5.41, 5.74) is 0.244. The molecule has 2 atom stereocenters. The quantitative estimate of drug-likeness (QED) is 0.788. The first-order chi connectivity index (χ1) is 8.58. The number of hydrogen-bond acceptors (Lipinski definition) is 3. The summed E-state index contributed by atoms with van der Waals surface area (Å²) < 4.78 is 5.50. The molecule has 114 valence electrons. The molecule has 0 bridgehead atoms. The number of rotatable bonds is 6. The van der Waals surface area contributed by atoms with Crippen LogP contribution in [0.15, 0.2) is 0 Å². The molecule has 0 unspecified atom stereocenters. The Bertz CT molecular complexity index is 262. The Morgan fingerprint density at radius 3 is 2.37 bits per heavy atom. The van der Waals surface area contributed by atoms with E-state index >= 15 is 0 Å². The summed E-state index contributed by atoms with van der Waals surface area (Å²) in [5.74, 6) is 0.0712. The topological polar surface area (TPSA) is 50.4 Å². The predicted octanol–water partition coefficient (Wildman–Crippen LogP) is 2.12. The number of nitrogens with one attached hydrogen (secondary N) is 2. The molecular formula is C14H29ClN2O2. The smallest absolute Gasteiger partial charge is 0.239 e. The molecule has 1 amide bonds. The molecule has 1 heterocycles. The number of amides is 1. The Labute approximate surface area is 123 Å². The maximum absolute atomic E-state index is 12.1. The van der Waals surface area contributed by atoms with Gasteiger partial charge in [0.05, 0.1) is 12.7 Å². The molecule has 1 aliphatic rings. The van der Waals surface area contributed by atoms with Gasteiger partial charge in [0.2, 0.25) is 5.91 Å². The van der Waals surface area contributed by atoms with Crippen molar-refractivity contribution in [3.63, 3.8) is 0 Å². The average molecular weight is 293 g/mol. The van der Waals surface area contributed by atoms with Crippen molar-refractivity contribution in [3.8, 4) is 0 Å². The Morgan fingerprint density at radius 1 is 1.32 bits per heavy atom. The van der Waals surface area contributed by atoms with Crippen LogP contribution in [-0.2, 0) is 9.53 Å². The maximum atomic E-state index is 12.1. The van der Waals surface area contributed by atoms with Crippen LogP contribution in [0.1, 0.15) is 47.0 Å². The van der Waals surface area contributed by atoms with Crippen molar-refractivity contribution < 1.29 is 9.53 Å². The van der Waals surface area contributed by atoms with Gasteiger partial charge in [0.15, 0.2) is 0 Å². The van der Waals surface area contributed by atoms with Crippen LogP contribution in [0.5, 0.6) is 0 Å². The second-order valence-corrected chi connectivity index (χ2v) is 5.29. The summed E-state index contributed by atoms with van der Waals surface area (Å²) in [6.07, 6.45) is 3.26. The lowest BCUT2D eigenvalue weighted by atomic mass is 9.80. The maximum Gasteiger partial charge on any atom is 0.239 e. The highest BCUT2D eigenvalue weighted by atomic mass is 35.5. The first kappa shape index (κ1) is 18.7. The molecule has 1 fully saturated rings. The van der Waals surface area contributed by atoms with Gasteiger partial charge >= 0.3 is 0 Å². The van der Waals surface area contributed by atoms with Crippen molar-refractivity contribution in [2.45, 2.75) is 59.1 Å². The van der Waals surface area contributed by atoms with Crippen molar-refractivity contribution in [3.05, 3.63) is 0 Å². The minimum atomic E-state index is -0.206. The molecule has 0 radical (unpaired) electrons. The van der Waals surface area contributed by atoms with Gasteiger partial charge in [-0.15, -0.1) is 12.4 Å². The van der Waals surface area contributed by atoms with Crippen molar-refractivity contribution in [2.24, 2.45) is 5.41 Å². The number of halogens is 1. The monoisotopic (exact) mass is 292 g/mol. The number of carbonyl (C=O) groups is 1. The number of carbonyl (C=O) groups excluding carboxylic acids is 1. The standard InChI is InChI=1S/C14H28N2O2.ClH/c1-5-14(6-2,7-3)10-16-13(17)12-11(4)18-9-8-15-12;/h11-12,15H,5-10H2,1-4H3,(H,16,17);1H/t11-,12+;/m1./s1. The molecule has 19 heavy (non-hydrogen) atoms. The van der Waals surface area contributed by atoms with E-state index in [-0.39, 0.29) is 35.9 Å². The molecule has 0 aliphatic carbocycles. The van der Waals surface area contributed by atoms with E-state index in [2.05, 4.69) is 31.4 Å². The fourth-order valence-corrected chi connectivity index (χ4v) is 2.54. The van der Waals surface area contributed by atoms with Crippen molar-refractivity contribution in [1.82, 2.24) is 10.6 Å². The SMILES string of the molecule is CCC(CC)(CC)CNC(=O)[C@H]1NCCO[C@@H]1C.Cl. The number of morpholine rings is 1. The van der Waals surface area contributed by atoms with Gasteiger partial charge in [-0.05, 0) is 31.6 Å². The van der Waals surface area contributed by atoms with E-state index < -0.39 is 0 Å². The van der Waals surface area contributed by atoms with Gasteiger partial charge in [-0.3, -0.25) is 4.79 Å². The molecule has 0 aromatic carbocycles.